The maximum atomic E-state index is 11.9. The van der Waals surface area contributed by atoms with Crippen LogP contribution >= 0.6 is 0 Å². The molecule has 0 fully saturated rings. The number of Topliss-reactive ketones (excluding diaryl/α,β-unsaturated/α-hetero) is 1. The van der Waals surface area contributed by atoms with Crippen molar-refractivity contribution in [3.8, 4) is 0 Å². The van der Waals surface area contributed by atoms with Crippen molar-refractivity contribution in [3.05, 3.63) is 0 Å². The zero-order valence-corrected chi connectivity index (χ0v) is 11.2. The topological polar surface area (TPSA) is 34.1 Å². The van der Waals surface area contributed by atoms with Gasteiger partial charge in [-0.2, -0.15) is 0 Å². The van der Waals surface area contributed by atoms with Crippen LogP contribution in [0, 0.1) is 17.8 Å². The van der Waals surface area contributed by atoms with Crippen molar-refractivity contribution in [1.29, 1.82) is 0 Å². The minimum Gasteiger partial charge on any atom is -0.303 e. The van der Waals surface area contributed by atoms with Crippen molar-refractivity contribution >= 4 is 12.1 Å². The molecule has 0 aromatic carbocycles. The van der Waals surface area contributed by atoms with Gasteiger partial charge in [-0.1, -0.05) is 47.0 Å². The van der Waals surface area contributed by atoms with Crippen LogP contribution < -0.4 is 0 Å². The average molecular weight is 226 g/mol. The molecule has 0 rings (SSSR count). The lowest BCUT2D eigenvalue weighted by molar-refractivity contribution is -0.128. The minimum absolute atomic E-state index is 0.0775. The van der Waals surface area contributed by atoms with Crippen molar-refractivity contribution in [2.75, 3.05) is 0 Å². The van der Waals surface area contributed by atoms with Gasteiger partial charge in [-0.05, 0) is 12.3 Å². The molecule has 0 heterocycles. The molecule has 2 nitrogen and oxygen atoms in total. The Kier molecular flexibility index (Phi) is 8.14. The number of rotatable bonds is 9. The highest BCUT2D eigenvalue weighted by molar-refractivity contribution is 5.83. The largest absolute Gasteiger partial charge is 0.303 e. The third kappa shape index (κ3) is 5.43. The van der Waals surface area contributed by atoms with E-state index in [1.54, 1.807) is 0 Å². The average Bonchev–Trinajstić information content (AvgIpc) is 2.25. The minimum atomic E-state index is -0.100. The Labute approximate surface area is 99.8 Å². The number of hydrogen-bond acceptors (Lipinski definition) is 2. The summed E-state index contributed by atoms with van der Waals surface area (Å²) in [7, 11) is 0. The lowest BCUT2D eigenvalue weighted by Gasteiger charge is -2.18. The molecule has 3 atom stereocenters. The van der Waals surface area contributed by atoms with Gasteiger partial charge in [0.25, 0.3) is 0 Å². The molecular formula is C14H26O2. The summed E-state index contributed by atoms with van der Waals surface area (Å²) in [4.78, 5) is 22.8. The maximum Gasteiger partial charge on any atom is 0.136 e. The Morgan fingerprint density at radius 1 is 1.12 bits per heavy atom. The first-order chi connectivity index (χ1) is 7.56. The van der Waals surface area contributed by atoms with Crippen LogP contribution in [0.4, 0.5) is 0 Å². The second kappa shape index (κ2) is 8.49. The summed E-state index contributed by atoms with van der Waals surface area (Å²) in [6.07, 6.45) is 5.59. The van der Waals surface area contributed by atoms with Gasteiger partial charge < -0.3 is 4.79 Å². The van der Waals surface area contributed by atoms with Crippen molar-refractivity contribution in [2.24, 2.45) is 17.8 Å². The molecule has 0 aromatic heterocycles. The first-order valence-electron chi connectivity index (χ1n) is 6.54. The quantitative estimate of drug-likeness (QED) is 0.563. The van der Waals surface area contributed by atoms with Crippen LogP contribution in [0.5, 0.6) is 0 Å². The van der Waals surface area contributed by atoms with E-state index in [1.807, 2.05) is 13.8 Å². The number of carbonyl (C=O) groups excluding carboxylic acids is 2. The summed E-state index contributed by atoms with van der Waals surface area (Å²) in [6.45, 7) is 8.20. The normalized spacial score (nSPS) is 16.5. The summed E-state index contributed by atoms with van der Waals surface area (Å²) in [5.74, 6) is 0.531. The smallest absolute Gasteiger partial charge is 0.136 e. The van der Waals surface area contributed by atoms with Crippen LogP contribution in [0.1, 0.15) is 59.8 Å². The number of carbonyl (C=O) groups is 2. The maximum absolute atomic E-state index is 11.9. The van der Waals surface area contributed by atoms with Gasteiger partial charge >= 0.3 is 0 Å². The van der Waals surface area contributed by atoms with Gasteiger partial charge in [0.1, 0.15) is 12.1 Å². The zero-order valence-electron chi connectivity index (χ0n) is 11.2. The summed E-state index contributed by atoms with van der Waals surface area (Å²) in [5, 5.41) is 0. The monoisotopic (exact) mass is 226 g/mol. The van der Waals surface area contributed by atoms with E-state index in [4.69, 9.17) is 0 Å². The molecule has 0 aliphatic rings. The molecule has 0 spiro atoms. The lowest BCUT2D eigenvalue weighted by Crippen LogP contribution is -2.23. The van der Waals surface area contributed by atoms with Gasteiger partial charge in [0.2, 0.25) is 0 Å². The van der Waals surface area contributed by atoms with Crippen LogP contribution in [-0.4, -0.2) is 12.1 Å². The third-order valence-corrected chi connectivity index (χ3v) is 3.28. The number of ketones is 1. The molecule has 0 saturated carbocycles. The van der Waals surface area contributed by atoms with Crippen molar-refractivity contribution in [2.45, 2.75) is 59.8 Å². The Morgan fingerprint density at radius 2 is 1.69 bits per heavy atom. The highest BCUT2D eigenvalue weighted by Gasteiger charge is 2.23. The van der Waals surface area contributed by atoms with Crippen molar-refractivity contribution in [1.82, 2.24) is 0 Å². The fraction of sp³-hybridized carbons (Fsp3) is 0.857. The summed E-state index contributed by atoms with van der Waals surface area (Å²) < 4.78 is 0. The summed E-state index contributed by atoms with van der Waals surface area (Å²) in [5.41, 5.74) is 0. The van der Waals surface area contributed by atoms with Crippen LogP contribution in [0.15, 0.2) is 0 Å². The molecule has 0 aliphatic carbocycles. The van der Waals surface area contributed by atoms with Crippen molar-refractivity contribution < 1.29 is 9.59 Å². The molecule has 0 aliphatic heterocycles. The van der Waals surface area contributed by atoms with E-state index in [0.717, 1.165) is 32.0 Å². The Bertz CT molecular complexity index is 211. The third-order valence-electron chi connectivity index (χ3n) is 3.28. The predicted molar refractivity (Wildman–Crippen MR) is 67.3 cm³/mol. The first kappa shape index (κ1) is 15.3. The van der Waals surface area contributed by atoms with E-state index in [-0.39, 0.29) is 17.6 Å². The van der Waals surface area contributed by atoms with Gasteiger partial charge in [0.15, 0.2) is 0 Å². The Hall–Kier alpha value is -0.660. The van der Waals surface area contributed by atoms with Crippen LogP contribution in [0.2, 0.25) is 0 Å². The molecule has 16 heavy (non-hydrogen) atoms. The SMILES string of the molecule is CCCC(C)CC(=O)C(C)C(C=O)CCC. The standard InChI is InChI=1S/C14H26O2/c1-5-7-11(3)9-14(16)12(4)13(10-15)8-6-2/h10-13H,5-9H2,1-4H3. The van der Waals surface area contributed by atoms with Crippen molar-refractivity contribution in [3.63, 3.8) is 0 Å². The molecule has 2 heteroatoms. The number of hydrogen-bond donors (Lipinski definition) is 0. The van der Waals surface area contributed by atoms with Crippen LogP contribution in [-0.2, 0) is 9.59 Å². The van der Waals surface area contributed by atoms with E-state index >= 15 is 0 Å². The van der Waals surface area contributed by atoms with E-state index in [2.05, 4.69) is 13.8 Å². The molecule has 0 radical (unpaired) electrons. The van der Waals surface area contributed by atoms with Gasteiger partial charge in [-0.25, -0.2) is 0 Å². The van der Waals surface area contributed by atoms with Crippen LogP contribution in [0.3, 0.4) is 0 Å². The summed E-state index contributed by atoms with van der Waals surface area (Å²) in [6, 6.07) is 0. The molecule has 3 unspecified atom stereocenters. The highest BCUT2D eigenvalue weighted by Crippen LogP contribution is 2.21. The molecular weight excluding hydrogens is 200 g/mol. The lowest BCUT2D eigenvalue weighted by atomic mass is 9.84. The summed E-state index contributed by atoms with van der Waals surface area (Å²) >= 11 is 0. The molecule has 0 amide bonds. The van der Waals surface area contributed by atoms with E-state index in [0.29, 0.717) is 12.3 Å². The molecule has 0 saturated heterocycles. The zero-order chi connectivity index (χ0) is 12.6. The van der Waals surface area contributed by atoms with Gasteiger partial charge in [-0.3, -0.25) is 4.79 Å². The second-order valence-corrected chi connectivity index (χ2v) is 4.94. The van der Waals surface area contributed by atoms with Gasteiger partial charge in [0.05, 0.1) is 0 Å². The Balaban J connectivity index is 4.19. The second-order valence-electron chi connectivity index (χ2n) is 4.94. The molecule has 94 valence electrons. The van der Waals surface area contributed by atoms with Gasteiger partial charge in [0, 0.05) is 18.3 Å². The molecule has 0 aromatic rings. The van der Waals surface area contributed by atoms with E-state index < -0.39 is 0 Å². The van der Waals surface area contributed by atoms with E-state index in [1.165, 1.54) is 0 Å². The highest BCUT2D eigenvalue weighted by atomic mass is 16.1. The first-order valence-corrected chi connectivity index (χ1v) is 6.54. The fourth-order valence-electron chi connectivity index (χ4n) is 2.13. The van der Waals surface area contributed by atoms with Crippen LogP contribution in [0.25, 0.3) is 0 Å². The van der Waals surface area contributed by atoms with E-state index in [9.17, 15) is 9.59 Å². The van der Waals surface area contributed by atoms with Gasteiger partial charge in [-0.15, -0.1) is 0 Å². The predicted octanol–water partition coefficient (Wildman–Crippen LogP) is 3.63. The molecule has 0 N–H and O–H groups in total. The number of aldehydes is 1. The molecule has 0 bridgehead atoms. The fourth-order valence-corrected chi connectivity index (χ4v) is 2.13. The Morgan fingerprint density at radius 3 is 2.12 bits per heavy atom.